The molecule has 348 valence electrons. The minimum absolute atomic E-state index is 0.0975. The van der Waals surface area contributed by atoms with Gasteiger partial charge in [0.25, 0.3) is 0 Å². The molecule has 17 nitrogen and oxygen atoms in total. The Bertz CT molecular complexity index is 1200. The van der Waals surface area contributed by atoms with Crippen LogP contribution in [-0.2, 0) is 65.4 Å². The Kier molecular flexibility index (Phi) is 35.5. The van der Waals surface area contributed by atoms with Gasteiger partial charge in [0.1, 0.15) is 19.3 Å². The maximum Gasteiger partial charge on any atom is 0.472 e. The number of rotatable bonds is 41. The summed E-state index contributed by atoms with van der Waals surface area (Å²) in [7, 11) is -9.79. The highest BCUT2D eigenvalue weighted by Crippen LogP contribution is 2.45. The van der Waals surface area contributed by atoms with Crippen LogP contribution in [0.15, 0.2) is 0 Å². The lowest BCUT2D eigenvalue weighted by atomic mass is 10.1. The van der Waals surface area contributed by atoms with Gasteiger partial charge in [-0.3, -0.25) is 37.3 Å². The second-order valence-electron chi connectivity index (χ2n) is 14.7. The minimum atomic E-state index is -4.90. The summed E-state index contributed by atoms with van der Waals surface area (Å²) in [6, 6.07) is 0. The molecular weight excluding hydrogens is 814 g/mol. The van der Waals surface area contributed by atoms with Gasteiger partial charge in [-0.2, -0.15) is 0 Å². The van der Waals surface area contributed by atoms with E-state index in [0.717, 1.165) is 96.3 Å². The van der Waals surface area contributed by atoms with Gasteiger partial charge in [-0.05, 0) is 25.7 Å². The average Bonchev–Trinajstić information content (AvgIpc) is 3.19. The number of phosphoric acid groups is 2. The van der Waals surface area contributed by atoms with E-state index in [1.54, 1.807) is 0 Å². The molecule has 59 heavy (non-hydrogen) atoms. The Labute approximate surface area is 352 Å². The lowest BCUT2D eigenvalue weighted by Gasteiger charge is -2.21. The maximum atomic E-state index is 12.6. The molecule has 5 atom stereocenters. The van der Waals surface area contributed by atoms with Gasteiger partial charge < -0.3 is 33.8 Å². The number of hydrogen-bond donors (Lipinski definition) is 3. The second kappa shape index (κ2) is 36.7. The van der Waals surface area contributed by atoms with Crippen LogP contribution in [0, 0.1) is 0 Å². The van der Waals surface area contributed by atoms with Gasteiger partial charge >= 0.3 is 39.5 Å². The molecular formula is C40H76O17P2. The van der Waals surface area contributed by atoms with Crippen LogP contribution < -0.4 is 0 Å². The van der Waals surface area contributed by atoms with Crippen molar-refractivity contribution >= 4 is 39.5 Å². The third-order valence-electron chi connectivity index (χ3n) is 8.85. The van der Waals surface area contributed by atoms with Crippen molar-refractivity contribution in [3.05, 3.63) is 0 Å². The fourth-order valence-electron chi connectivity index (χ4n) is 5.39. The van der Waals surface area contributed by atoms with E-state index >= 15 is 0 Å². The van der Waals surface area contributed by atoms with Crippen molar-refractivity contribution in [3.8, 4) is 0 Å². The predicted octanol–water partition coefficient (Wildman–Crippen LogP) is 8.58. The van der Waals surface area contributed by atoms with E-state index in [9.17, 15) is 43.2 Å². The fraction of sp³-hybridized carbons (Fsp3) is 0.900. The van der Waals surface area contributed by atoms with Crippen LogP contribution >= 0.6 is 15.6 Å². The molecule has 0 radical (unpaired) electrons. The molecule has 0 saturated heterocycles. The van der Waals surface area contributed by atoms with Gasteiger partial charge in [-0.1, -0.05) is 124 Å². The lowest BCUT2D eigenvalue weighted by Crippen LogP contribution is -2.30. The summed E-state index contributed by atoms with van der Waals surface area (Å²) in [5, 5.41) is 10.3. The summed E-state index contributed by atoms with van der Waals surface area (Å²) in [5.41, 5.74) is 0. The number of aliphatic hydroxyl groups excluding tert-OH is 1. The van der Waals surface area contributed by atoms with E-state index in [2.05, 4.69) is 13.8 Å². The fourth-order valence-corrected chi connectivity index (χ4v) is 6.97. The van der Waals surface area contributed by atoms with Crippen LogP contribution in [0.4, 0.5) is 0 Å². The summed E-state index contributed by atoms with van der Waals surface area (Å²) in [6.45, 7) is 4.25. The van der Waals surface area contributed by atoms with Gasteiger partial charge in [0.15, 0.2) is 12.2 Å². The molecule has 0 heterocycles. The zero-order chi connectivity index (χ0) is 44.2. The van der Waals surface area contributed by atoms with Crippen molar-refractivity contribution < 1.29 is 80.2 Å². The monoisotopic (exact) mass is 890 g/mol. The van der Waals surface area contributed by atoms with E-state index in [1.807, 2.05) is 13.8 Å². The van der Waals surface area contributed by atoms with Gasteiger partial charge in [0.05, 0.1) is 26.4 Å². The van der Waals surface area contributed by atoms with E-state index in [-0.39, 0.29) is 25.7 Å². The number of carbonyl (C=O) groups excluding carboxylic acids is 4. The zero-order valence-electron chi connectivity index (χ0n) is 36.2. The number of hydrogen-bond acceptors (Lipinski definition) is 15. The molecule has 0 amide bonds. The molecule has 0 aliphatic heterocycles. The highest BCUT2D eigenvalue weighted by atomic mass is 31.2. The summed E-state index contributed by atoms with van der Waals surface area (Å²) in [6.07, 6.45) is 13.5. The first-order chi connectivity index (χ1) is 28.2. The average molecular weight is 891 g/mol. The molecule has 0 aliphatic rings. The number of ether oxygens (including phenoxy) is 4. The first-order valence-electron chi connectivity index (χ1n) is 21.8. The van der Waals surface area contributed by atoms with Crippen molar-refractivity contribution in [2.24, 2.45) is 0 Å². The molecule has 0 aromatic carbocycles. The number of phosphoric ester groups is 2. The second-order valence-corrected chi connectivity index (χ2v) is 17.6. The van der Waals surface area contributed by atoms with Crippen molar-refractivity contribution in [2.45, 2.75) is 194 Å². The van der Waals surface area contributed by atoms with E-state index in [0.29, 0.717) is 25.7 Å². The van der Waals surface area contributed by atoms with Gasteiger partial charge in [-0.15, -0.1) is 0 Å². The van der Waals surface area contributed by atoms with Crippen molar-refractivity contribution in [2.75, 3.05) is 39.6 Å². The standard InChI is InChI=1S/C40H76O17P2/c1-5-9-13-16-17-19-23-27-40(45)57-36(31-51-38(43)25-21-15-11-7-3)33-55-59(48,49)53-29-34(41)28-52-58(46,47)54-32-35(30-50-37(42)24-20-12-8-4)56-39(44)26-22-18-14-10-6-2/h34-36,41H,5-33H2,1-4H3,(H,46,47)(H,48,49)/t34-,35-,36-/m1/s1. The predicted molar refractivity (Wildman–Crippen MR) is 220 cm³/mol. The van der Waals surface area contributed by atoms with Gasteiger partial charge in [-0.25, -0.2) is 9.13 Å². The molecule has 0 aliphatic carbocycles. The summed E-state index contributed by atoms with van der Waals surface area (Å²) in [4.78, 5) is 69.8. The first kappa shape index (κ1) is 57.1. The molecule has 0 saturated carbocycles. The van der Waals surface area contributed by atoms with Crippen LogP contribution in [0.1, 0.15) is 175 Å². The Hall–Kier alpha value is -1.94. The molecule has 0 rings (SSSR count). The van der Waals surface area contributed by atoms with Crippen LogP contribution in [0.2, 0.25) is 0 Å². The quantitative estimate of drug-likeness (QED) is 0.0225. The van der Waals surface area contributed by atoms with E-state index < -0.39 is 97.5 Å². The number of carbonyl (C=O) groups is 4. The number of unbranched alkanes of at least 4 members (excludes halogenated alkanes) is 15. The summed E-state index contributed by atoms with van der Waals surface area (Å²) < 4.78 is 66.0. The van der Waals surface area contributed by atoms with Crippen LogP contribution in [0.3, 0.4) is 0 Å². The Morgan fingerprint density at radius 2 is 0.678 bits per heavy atom. The molecule has 0 aromatic rings. The SMILES string of the molecule is CCCCCCCCCC(=O)O[C@H](COC(=O)CCCCCC)COP(=O)(O)OC[C@H](O)COP(=O)(O)OC[C@@H](COC(=O)CCCCC)OC(=O)CCCCCCC. The summed E-state index contributed by atoms with van der Waals surface area (Å²) >= 11 is 0. The topological polar surface area (TPSA) is 237 Å². The van der Waals surface area contributed by atoms with Crippen molar-refractivity contribution in [1.29, 1.82) is 0 Å². The van der Waals surface area contributed by atoms with Gasteiger partial charge in [0.2, 0.25) is 0 Å². The van der Waals surface area contributed by atoms with Crippen LogP contribution in [0.5, 0.6) is 0 Å². The molecule has 3 N–H and O–H groups in total. The van der Waals surface area contributed by atoms with E-state index in [4.69, 9.17) is 37.0 Å². The number of aliphatic hydroxyl groups is 1. The molecule has 0 spiro atoms. The lowest BCUT2D eigenvalue weighted by molar-refractivity contribution is -0.161. The molecule has 2 unspecified atom stereocenters. The Balaban J connectivity index is 5.08. The Morgan fingerprint density at radius 3 is 1.05 bits per heavy atom. The van der Waals surface area contributed by atoms with Crippen LogP contribution in [0.25, 0.3) is 0 Å². The minimum Gasteiger partial charge on any atom is -0.462 e. The normalized spacial score (nSPS) is 15.0. The summed E-state index contributed by atoms with van der Waals surface area (Å²) in [5.74, 6) is -2.23. The highest BCUT2D eigenvalue weighted by molar-refractivity contribution is 7.47. The van der Waals surface area contributed by atoms with Crippen molar-refractivity contribution in [1.82, 2.24) is 0 Å². The van der Waals surface area contributed by atoms with E-state index in [1.165, 1.54) is 0 Å². The molecule has 0 aromatic heterocycles. The molecule has 0 bridgehead atoms. The zero-order valence-corrected chi connectivity index (χ0v) is 38.0. The van der Waals surface area contributed by atoms with Gasteiger partial charge in [0, 0.05) is 25.7 Å². The highest BCUT2D eigenvalue weighted by Gasteiger charge is 2.30. The largest absolute Gasteiger partial charge is 0.472 e. The first-order valence-corrected chi connectivity index (χ1v) is 24.8. The number of esters is 4. The van der Waals surface area contributed by atoms with Crippen LogP contribution in [-0.4, -0.2) is 96.7 Å². The van der Waals surface area contributed by atoms with Crippen molar-refractivity contribution in [3.63, 3.8) is 0 Å². The molecule has 19 heteroatoms. The molecule has 0 fully saturated rings. The third-order valence-corrected chi connectivity index (χ3v) is 10.8. The third kappa shape index (κ3) is 36.4. The maximum absolute atomic E-state index is 12.6. The Morgan fingerprint density at radius 1 is 0.407 bits per heavy atom. The smallest absolute Gasteiger partial charge is 0.462 e.